The number of nitrogens with two attached hydrogens (primary N) is 1. The van der Waals surface area contributed by atoms with E-state index in [1.54, 1.807) is 0 Å². The summed E-state index contributed by atoms with van der Waals surface area (Å²) in [6.45, 7) is 0.845. The maximum absolute atomic E-state index is 5.86. The van der Waals surface area contributed by atoms with Crippen molar-refractivity contribution in [1.82, 2.24) is 5.32 Å². The summed E-state index contributed by atoms with van der Waals surface area (Å²) in [5, 5.41) is 3.82. The molecule has 2 rings (SSSR count). The Labute approximate surface area is 99.1 Å². The van der Waals surface area contributed by atoms with Crippen LogP contribution < -0.4 is 11.1 Å². The third kappa shape index (κ3) is 2.96. The molecule has 0 saturated heterocycles. The average Bonchev–Trinajstić information content (AvgIpc) is 2.77. The van der Waals surface area contributed by atoms with E-state index < -0.39 is 0 Å². The highest BCUT2D eigenvalue weighted by Crippen LogP contribution is 2.27. The number of hydrogen-bond donors (Lipinski definition) is 2. The van der Waals surface area contributed by atoms with Gasteiger partial charge < -0.3 is 15.8 Å². The van der Waals surface area contributed by atoms with E-state index in [1.165, 1.54) is 44.9 Å². The van der Waals surface area contributed by atoms with Crippen LogP contribution in [0.3, 0.4) is 0 Å². The summed E-state index contributed by atoms with van der Waals surface area (Å²) in [6, 6.07) is 1.33. The molecule has 2 aliphatic rings. The van der Waals surface area contributed by atoms with Crippen molar-refractivity contribution in [3.8, 4) is 0 Å². The first-order valence-corrected chi connectivity index (χ1v) is 6.82. The number of rotatable bonds is 4. The lowest BCUT2D eigenvalue weighted by Gasteiger charge is -2.33. The lowest BCUT2D eigenvalue weighted by Crippen LogP contribution is -2.46. The standard InChI is InChI=1S/C13H26N2O/c1-16-12-7-6-11(8-12)15-13-5-3-2-4-10(13)9-14/h10-13,15H,2-9,14H2,1H3. The van der Waals surface area contributed by atoms with Gasteiger partial charge in [0.1, 0.15) is 0 Å². The van der Waals surface area contributed by atoms with Gasteiger partial charge in [-0.05, 0) is 44.6 Å². The van der Waals surface area contributed by atoms with Crippen LogP contribution in [0.5, 0.6) is 0 Å². The lowest BCUT2D eigenvalue weighted by atomic mass is 9.84. The van der Waals surface area contributed by atoms with Crippen molar-refractivity contribution in [2.24, 2.45) is 11.7 Å². The Bertz CT molecular complexity index is 210. The van der Waals surface area contributed by atoms with Crippen LogP contribution in [0.1, 0.15) is 44.9 Å². The largest absolute Gasteiger partial charge is 0.381 e. The van der Waals surface area contributed by atoms with Crippen molar-refractivity contribution in [3.63, 3.8) is 0 Å². The molecular formula is C13H26N2O. The molecule has 3 N–H and O–H groups in total. The minimum Gasteiger partial charge on any atom is -0.381 e. The van der Waals surface area contributed by atoms with E-state index in [9.17, 15) is 0 Å². The molecule has 3 nitrogen and oxygen atoms in total. The second-order valence-electron chi connectivity index (χ2n) is 5.42. The summed E-state index contributed by atoms with van der Waals surface area (Å²) < 4.78 is 5.42. The summed E-state index contributed by atoms with van der Waals surface area (Å²) in [4.78, 5) is 0. The lowest BCUT2D eigenvalue weighted by molar-refractivity contribution is 0.105. The molecule has 0 aromatic carbocycles. The average molecular weight is 226 g/mol. The van der Waals surface area contributed by atoms with Gasteiger partial charge in [-0.1, -0.05) is 12.8 Å². The number of nitrogens with one attached hydrogen (secondary N) is 1. The van der Waals surface area contributed by atoms with Crippen LogP contribution in [-0.4, -0.2) is 31.8 Å². The van der Waals surface area contributed by atoms with Crippen LogP contribution in [0.2, 0.25) is 0 Å². The summed E-state index contributed by atoms with van der Waals surface area (Å²) in [5.41, 5.74) is 5.86. The van der Waals surface area contributed by atoms with Gasteiger partial charge in [0, 0.05) is 19.2 Å². The molecule has 3 heteroatoms. The smallest absolute Gasteiger partial charge is 0.0586 e. The van der Waals surface area contributed by atoms with E-state index in [0.717, 1.165) is 6.54 Å². The molecule has 0 spiro atoms. The van der Waals surface area contributed by atoms with Gasteiger partial charge in [-0.15, -0.1) is 0 Å². The van der Waals surface area contributed by atoms with E-state index >= 15 is 0 Å². The fraction of sp³-hybridized carbons (Fsp3) is 1.00. The third-order valence-corrected chi connectivity index (χ3v) is 4.38. The zero-order valence-electron chi connectivity index (χ0n) is 10.5. The molecule has 4 atom stereocenters. The second-order valence-corrected chi connectivity index (χ2v) is 5.42. The Morgan fingerprint density at radius 2 is 2.00 bits per heavy atom. The van der Waals surface area contributed by atoms with Crippen molar-refractivity contribution in [1.29, 1.82) is 0 Å². The first kappa shape index (κ1) is 12.3. The summed E-state index contributed by atoms with van der Waals surface area (Å²) >= 11 is 0. The minimum atomic E-state index is 0.484. The monoisotopic (exact) mass is 226 g/mol. The van der Waals surface area contributed by atoms with Gasteiger partial charge in [0.25, 0.3) is 0 Å². The maximum atomic E-state index is 5.86. The third-order valence-electron chi connectivity index (χ3n) is 4.38. The van der Waals surface area contributed by atoms with Crippen LogP contribution in [0.25, 0.3) is 0 Å². The molecule has 94 valence electrons. The van der Waals surface area contributed by atoms with Crippen LogP contribution in [0, 0.1) is 5.92 Å². The minimum absolute atomic E-state index is 0.484. The van der Waals surface area contributed by atoms with E-state index in [0.29, 0.717) is 24.1 Å². The molecule has 0 bridgehead atoms. The van der Waals surface area contributed by atoms with Crippen molar-refractivity contribution in [2.75, 3.05) is 13.7 Å². The van der Waals surface area contributed by atoms with Crippen LogP contribution >= 0.6 is 0 Å². The molecule has 16 heavy (non-hydrogen) atoms. The number of methoxy groups -OCH3 is 1. The van der Waals surface area contributed by atoms with E-state index in [2.05, 4.69) is 5.32 Å². The predicted molar refractivity (Wildman–Crippen MR) is 66.4 cm³/mol. The molecule has 2 fully saturated rings. The van der Waals surface area contributed by atoms with Crippen molar-refractivity contribution in [3.05, 3.63) is 0 Å². The van der Waals surface area contributed by atoms with E-state index in [1.807, 2.05) is 7.11 Å². The predicted octanol–water partition coefficient (Wildman–Crippen LogP) is 1.66. The molecule has 0 amide bonds. The SMILES string of the molecule is COC1CCC(NC2CCCCC2CN)C1. The van der Waals surface area contributed by atoms with Gasteiger partial charge >= 0.3 is 0 Å². The van der Waals surface area contributed by atoms with Crippen molar-refractivity contribution >= 4 is 0 Å². The summed E-state index contributed by atoms with van der Waals surface area (Å²) in [6.07, 6.45) is 9.52. The molecular weight excluding hydrogens is 200 g/mol. The van der Waals surface area contributed by atoms with E-state index in [4.69, 9.17) is 10.5 Å². The molecule has 0 aromatic rings. The Kier molecular flexibility index (Phi) is 4.62. The first-order valence-electron chi connectivity index (χ1n) is 6.82. The van der Waals surface area contributed by atoms with Crippen LogP contribution in [0.15, 0.2) is 0 Å². The van der Waals surface area contributed by atoms with Crippen molar-refractivity contribution < 1.29 is 4.74 Å². The highest BCUT2D eigenvalue weighted by atomic mass is 16.5. The second kappa shape index (κ2) is 5.99. The molecule has 0 aromatic heterocycles. The zero-order chi connectivity index (χ0) is 11.4. The quantitative estimate of drug-likeness (QED) is 0.766. The Hall–Kier alpha value is -0.120. The highest BCUT2D eigenvalue weighted by Gasteiger charge is 2.30. The van der Waals surface area contributed by atoms with Crippen molar-refractivity contribution in [2.45, 2.75) is 63.1 Å². The van der Waals surface area contributed by atoms with Gasteiger partial charge in [0.2, 0.25) is 0 Å². The fourth-order valence-electron chi connectivity index (χ4n) is 3.32. The highest BCUT2D eigenvalue weighted by molar-refractivity contribution is 4.88. The van der Waals surface area contributed by atoms with Gasteiger partial charge in [-0.2, -0.15) is 0 Å². The Morgan fingerprint density at radius 1 is 1.19 bits per heavy atom. The summed E-state index contributed by atoms with van der Waals surface area (Å²) in [7, 11) is 1.83. The van der Waals surface area contributed by atoms with Gasteiger partial charge in [0.05, 0.1) is 6.10 Å². The number of hydrogen-bond acceptors (Lipinski definition) is 3. The van der Waals surface area contributed by atoms with E-state index in [-0.39, 0.29) is 0 Å². The van der Waals surface area contributed by atoms with Gasteiger partial charge in [-0.25, -0.2) is 0 Å². The molecule has 0 radical (unpaired) electrons. The molecule has 4 unspecified atom stereocenters. The molecule has 0 aliphatic heterocycles. The zero-order valence-corrected chi connectivity index (χ0v) is 10.5. The fourth-order valence-corrected chi connectivity index (χ4v) is 3.32. The van der Waals surface area contributed by atoms with Gasteiger partial charge in [-0.3, -0.25) is 0 Å². The first-order chi connectivity index (χ1) is 7.83. The van der Waals surface area contributed by atoms with Crippen LogP contribution in [-0.2, 0) is 4.74 Å². The van der Waals surface area contributed by atoms with Crippen LogP contribution in [0.4, 0.5) is 0 Å². The topological polar surface area (TPSA) is 47.3 Å². The Balaban J connectivity index is 1.79. The molecule has 0 heterocycles. The number of ether oxygens (including phenoxy) is 1. The Morgan fingerprint density at radius 3 is 2.69 bits per heavy atom. The normalized spacial score (nSPS) is 40.1. The summed E-state index contributed by atoms with van der Waals surface area (Å²) in [5.74, 6) is 0.704. The van der Waals surface area contributed by atoms with Gasteiger partial charge in [0.15, 0.2) is 0 Å². The molecule has 2 aliphatic carbocycles. The molecule has 2 saturated carbocycles. The maximum Gasteiger partial charge on any atom is 0.0586 e.